The van der Waals surface area contributed by atoms with Crippen LogP contribution < -0.4 is 28.7 Å². The summed E-state index contributed by atoms with van der Waals surface area (Å²) in [5.74, 6) is 1.31. The van der Waals surface area contributed by atoms with Crippen LogP contribution in [0.2, 0.25) is 0 Å². The average molecular weight is 1030 g/mol. The summed E-state index contributed by atoms with van der Waals surface area (Å²) in [7, 11) is 4.66. The minimum absolute atomic E-state index is 0.181. The van der Waals surface area contributed by atoms with Gasteiger partial charge in [0.15, 0.2) is 0 Å². The van der Waals surface area contributed by atoms with E-state index < -0.39 is 17.3 Å². The molecule has 0 saturated carbocycles. The van der Waals surface area contributed by atoms with Crippen LogP contribution >= 0.6 is 0 Å². The molecule has 0 aliphatic rings. The summed E-state index contributed by atoms with van der Waals surface area (Å²) in [5, 5.41) is 0. The van der Waals surface area contributed by atoms with Crippen LogP contribution in [-0.4, -0.2) is 65.7 Å². The third kappa shape index (κ3) is 15.3. The van der Waals surface area contributed by atoms with Crippen molar-refractivity contribution in [3.63, 3.8) is 0 Å². The Morgan fingerprint density at radius 3 is 1.41 bits per heavy atom. The lowest BCUT2D eigenvalue weighted by atomic mass is 9.81. The Balaban J connectivity index is 0.898. The molecule has 0 heterocycles. The first-order chi connectivity index (χ1) is 36.9. The highest BCUT2D eigenvalue weighted by molar-refractivity contribution is 5.87. The van der Waals surface area contributed by atoms with Crippen LogP contribution in [0, 0.1) is 18.3 Å². The standard InChI is InChI=1S/C64H68N2O10/c1-8-48(45-64(3,4)63(69)76-43-11-41-73-59-31-14-47(15-32-59)16-39-61(67)72-7)62(68)75-42-10-40-74-60-37-29-54(30-38-60)65(53-25-33-57(70-5)34-26-53)51-21-17-49(18-22-51)50-19-23-52(24-20-50)66(56-13-9-12-46(2)44-56)55-27-35-58(71-6)36-28-55/h9,12-39,44,48H,8,10-11,40-43,45H2,1-7H3/b39-16+. The molecule has 0 aliphatic carbocycles. The molecule has 0 saturated heterocycles. The van der Waals surface area contributed by atoms with Crippen molar-refractivity contribution in [1.82, 2.24) is 0 Å². The maximum absolute atomic E-state index is 13.2. The van der Waals surface area contributed by atoms with E-state index in [0.29, 0.717) is 50.4 Å². The maximum atomic E-state index is 13.2. The summed E-state index contributed by atoms with van der Waals surface area (Å²) in [6.45, 7) is 8.66. The fraction of sp³-hybridized carbons (Fsp3) is 0.266. The van der Waals surface area contributed by atoms with Crippen LogP contribution in [0.4, 0.5) is 34.1 Å². The van der Waals surface area contributed by atoms with Gasteiger partial charge in [0.05, 0.1) is 59.1 Å². The Morgan fingerprint density at radius 2 is 0.961 bits per heavy atom. The maximum Gasteiger partial charge on any atom is 0.330 e. The number of methoxy groups -OCH3 is 3. The number of hydrogen-bond acceptors (Lipinski definition) is 12. The molecular formula is C64H68N2O10. The molecule has 1 unspecified atom stereocenters. The number of ether oxygens (including phenoxy) is 7. The predicted molar refractivity (Wildman–Crippen MR) is 301 cm³/mol. The molecule has 7 aromatic rings. The topological polar surface area (TPSA) is 122 Å². The van der Waals surface area contributed by atoms with Gasteiger partial charge in [-0.2, -0.15) is 0 Å². The van der Waals surface area contributed by atoms with Gasteiger partial charge in [-0.3, -0.25) is 9.59 Å². The normalized spacial score (nSPS) is 11.6. The molecule has 0 aliphatic heterocycles. The van der Waals surface area contributed by atoms with Gasteiger partial charge < -0.3 is 43.0 Å². The molecular weight excluding hydrogens is 957 g/mol. The second-order valence-corrected chi connectivity index (χ2v) is 18.8. The van der Waals surface area contributed by atoms with Crippen molar-refractivity contribution in [3.8, 4) is 34.1 Å². The van der Waals surface area contributed by atoms with Gasteiger partial charge in [0, 0.05) is 53.0 Å². The van der Waals surface area contributed by atoms with E-state index in [1.54, 1.807) is 46.3 Å². The lowest BCUT2D eigenvalue weighted by molar-refractivity contribution is -0.158. The van der Waals surface area contributed by atoms with Crippen molar-refractivity contribution < 1.29 is 47.5 Å². The van der Waals surface area contributed by atoms with Gasteiger partial charge in [0.25, 0.3) is 0 Å². The zero-order valence-electron chi connectivity index (χ0n) is 44.5. The van der Waals surface area contributed by atoms with Gasteiger partial charge in [0.1, 0.15) is 23.0 Å². The number of benzene rings is 7. The lowest BCUT2D eigenvalue weighted by Gasteiger charge is -2.26. The van der Waals surface area contributed by atoms with Crippen LogP contribution in [0.3, 0.4) is 0 Å². The van der Waals surface area contributed by atoms with E-state index >= 15 is 0 Å². The van der Waals surface area contributed by atoms with Crippen LogP contribution in [0.15, 0.2) is 176 Å². The van der Waals surface area contributed by atoms with E-state index in [9.17, 15) is 14.4 Å². The highest BCUT2D eigenvalue weighted by Crippen LogP contribution is 2.40. The molecule has 0 radical (unpaired) electrons. The number of esters is 3. The quantitative estimate of drug-likeness (QED) is 0.0222. The molecule has 0 fully saturated rings. The fourth-order valence-corrected chi connectivity index (χ4v) is 8.57. The Kier molecular flexibility index (Phi) is 19.7. The van der Waals surface area contributed by atoms with Gasteiger partial charge in [-0.25, -0.2) is 4.79 Å². The van der Waals surface area contributed by atoms with Crippen LogP contribution in [0.25, 0.3) is 17.2 Å². The lowest BCUT2D eigenvalue weighted by Crippen LogP contribution is -2.32. The van der Waals surface area contributed by atoms with Gasteiger partial charge in [-0.15, -0.1) is 0 Å². The molecule has 76 heavy (non-hydrogen) atoms. The van der Waals surface area contributed by atoms with Crippen LogP contribution in [0.1, 0.15) is 57.6 Å². The van der Waals surface area contributed by atoms with E-state index in [2.05, 4.69) is 106 Å². The van der Waals surface area contributed by atoms with Crippen molar-refractivity contribution in [1.29, 1.82) is 0 Å². The van der Waals surface area contributed by atoms with E-state index in [-0.39, 0.29) is 25.2 Å². The number of anilines is 6. The fourth-order valence-electron chi connectivity index (χ4n) is 8.57. The van der Waals surface area contributed by atoms with E-state index in [1.165, 1.54) is 18.7 Å². The smallest absolute Gasteiger partial charge is 0.330 e. The van der Waals surface area contributed by atoms with Gasteiger partial charge >= 0.3 is 17.9 Å². The first-order valence-corrected chi connectivity index (χ1v) is 25.6. The predicted octanol–water partition coefficient (Wildman–Crippen LogP) is 14.6. The highest BCUT2D eigenvalue weighted by atomic mass is 16.5. The summed E-state index contributed by atoms with van der Waals surface area (Å²) in [6.07, 6.45) is 4.81. The van der Waals surface area contributed by atoms with Crippen molar-refractivity contribution in [3.05, 3.63) is 187 Å². The van der Waals surface area contributed by atoms with Crippen molar-refractivity contribution in [2.45, 2.75) is 53.4 Å². The summed E-state index contributed by atoms with van der Waals surface area (Å²) < 4.78 is 38.7. The number of carbonyl (C=O) groups is 3. The number of aryl methyl sites for hydroxylation is 1. The number of rotatable bonds is 26. The zero-order chi connectivity index (χ0) is 53.9. The molecule has 0 spiro atoms. The summed E-state index contributed by atoms with van der Waals surface area (Å²) in [4.78, 5) is 42.0. The Bertz CT molecular complexity index is 2970. The van der Waals surface area contributed by atoms with Gasteiger partial charge in [0.2, 0.25) is 0 Å². The van der Waals surface area contributed by atoms with Crippen molar-refractivity contribution in [2.24, 2.45) is 11.3 Å². The molecule has 0 amide bonds. The average Bonchev–Trinajstić information content (AvgIpc) is 3.45. The summed E-state index contributed by atoms with van der Waals surface area (Å²) >= 11 is 0. The highest BCUT2D eigenvalue weighted by Gasteiger charge is 2.35. The second-order valence-electron chi connectivity index (χ2n) is 18.8. The first kappa shape index (κ1) is 55.2. The molecule has 7 aromatic carbocycles. The molecule has 7 rings (SSSR count). The molecule has 0 N–H and O–H groups in total. The van der Waals surface area contributed by atoms with Gasteiger partial charge in [-0.1, -0.05) is 55.5 Å². The summed E-state index contributed by atoms with van der Waals surface area (Å²) in [5.41, 5.74) is 9.33. The van der Waals surface area contributed by atoms with Crippen molar-refractivity contribution in [2.75, 3.05) is 57.6 Å². The first-order valence-electron chi connectivity index (χ1n) is 25.6. The second kappa shape index (κ2) is 27.1. The Labute approximate surface area is 447 Å². The number of nitrogens with zero attached hydrogens (tertiary/aromatic N) is 2. The number of carbonyl (C=O) groups excluding carboxylic acids is 3. The molecule has 12 nitrogen and oxygen atoms in total. The minimum atomic E-state index is -0.894. The van der Waals surface area contributed by atoms with Crippen LogP contribution in [-0.2, 0) is 28.6 Å². The zero-order valence-corrected chi connectivity index (χ0v) is 44.5. The molecule has 0 bridgehead atoms. The Morgan fingerprint density at radius 1 is 0.526 bits per heavy atom. The summed E-state index contributed by atoms with van der Waals surface area (Å²) in [6, 6.07) is 56.9. The monoisotopic (exact) mass is 1020 g/mol. The van der Waals surface area contributed by atoms with E-state index in [1.807, 2.05) is 79.7 Å². The third-order valence-corrected chi connectivity index (χ3v) is 12.8. The van der Waals surface area contributed by atoms with E-state index in [4.69, 9.17) is 28.4 Å². The van der Waals surface area contributed by atoms with Crippen molar-refractivity contribution >= 4 is 58.1 Å². The minimum Gasteiger partial charge on any atom is -0.497 e. The SMILES string of the molecule is CCC(CC(C)(C)C(=O)OCCCOc1ccc(/C=C/C(=O)OC)cc1)C(=O)OCCCOc1ccc(N(c2ccc(OC)cc2)c2ccc(-c3ccc(N(c4ccc(OC)cc4)c4cccc(C)c4)cc3)cc2)cc1. The molecule has 1 atom stereocenters. The van der Waals surface area contributed by atoms with E-state index in [0.717, 1.165) is 62.3 Å². The largest absolute Gasteiger partial charge is 0.497 e. The molecule has 0 aromatic heterocycles. The van der Waals surface area contributed by atoms with Crippen LogP contribution in [0.5, 0.6) is 23.0 Å². The van der Waals surface area contributed by atoms with Gasteiger partial charge in [-0.05, 0) is 183 Å². The molecule has 12 heteroatoms. The third-order valence-electron chi connectivity index (χ3n) is 12.8. The Hall–Kier alpha value is -8.51. The number of hydrogen-bond donors (Lipinski definition) is 0. The molecule has 394 valence electrons.